The summed E-state index contributed by atoms with van der Waals surface area (Å²) in [6, 6.07) is 6.91. The fourth-order valence-corrected chi connectivity index (χ4v) is 2.78. The second kappa shape index (κ2) is 6.21. The van der Waals surface area contributed by atoms with Crippen molar-refractivity contribution in [1.29, 1.82) is 0 Å². The molecular formula is C15H24N2O. The Morgan fingerprint density at radius 1 is 1.39 bits per heavy atom. The Hall–Kier alpha value is -1.06. The molecule has 0 aromatic heterocycles. The Balaban J connectivity index is 2.14. The van der Waals surface area contributed by atoms with E-state index in [2.05, 4.69) is 30.0 Å². The molecule has 0 spiro atoms. The number of piperidine rings is 1. The van der Waals surface area contributed by atoms with Crippen LogP contribution < -0.4 is 10.5 Å². The van der Waals surface area contributed by atoms with Gasteiger partial charge in [-0.1, -0.05) is 24.1 Å². The highest BCUT2D eigenvalue weighted by Gasteiger charge is 2.21. The molecule has 1 heterocycles. The molecule has 1 unspecified atom stereocenters. The lowest BCUT2D eigenvalue weighted by atomic mass is 10.0. The highest BCUT2D eigenvalue weighted by molar-refractivity contribution is 5.36. The highest BCUT2D eigenvalue weighted by Crippen LogP contribution is 2.25. The van der Waals surface area contributed by atoms with Gasteiger partial charge in [0.15, 0.2) is 0 Å². The maximum absolute atomic E-state index is 5.87. The van der Waals surface area contributed by atoms with Crippen LogP contribution in [0.5, 0.6) is 5.75 Å². The molecule has 1 fully saturated rings. The Labute approximate surface area is 110 Å². The van der Waals surface area contributed by atoms with Crippen LogP contribution in [0.3, 0.4) is 0 Å². The summed E-state index contributed by atoms with van der Waals surface area (Å²) in [5, 5.41) is 0. The summed E-state index contributed by atoms with van der Waals surface area (Å²) in [5.74, 6) is 0.988. The molecule has 100 valence electrons. The molecule has 0 amide bonds. The van der Waals surface area contributed by atoms with E-state index < -0.39 is 0 Å². The van der Waals surface area contributed by atoms with Crippen molar-refractivity contribution in [2.75, 3.05) is 20.2 Å². The molecular weight excluding hydrogens is 224 g/mol. The maximum Gasteiger partial charge on any atom is 0.123 e. The Morgan fingerprint density at radius 2 is 2.22 bits per heavy atom. The average Bonchev–Trinajstić information content (AvgIpc) is 2.40. The highest BCUT2D eigenvalue weighted by atomic mass is 16.5. The molecule has 3 nitrogen and oxygen atoms in total. The second-order valence-corrected chi connectivity index (χ2v) is 5.17. The minimum atomic E-state index is 0.531. The summed E-state index contributed by atoms with van der Waals surface area (Å²) in [4.78, 5) is 2.50. The number of likely N-dealkylation sites (tertiary alicyclic amines) is 1. The third kappa shape index (κ3) is 3.03. The number of rotatable bonds is 4. The Kier molecular flexibility index (Phi) is 4.61. The standard InChI is InChI=1S/C15H24N2O/c1-12-6-7-15(18-2)13(9-12)11-17-8-4-3-5-14(17)10-16/h6-7,9,14H,3-5,8,10-11,16H2,1-2H3. The number of nitrogens with two attached hydrogens (primary N) is 1. The fourth-order valence-electron chi connectivity index (χ4n) is 2.78. The predicted molar refractivity (Wildman–Crippen MR) is 74.8 cm³/mol. The molecule has 1 aliphatic rings. The molecule has 1 aromatic carbocycles. The van der Waals surface area contributed by atoms with Gasteiger partial charge < -0.3 is 10.5 Å². The van der Waals surface area contributed by atoms with Crippen LogP contribution in [-0.2, 0) is 6.54 Å². The van der Waals surface area contributed by atoms with E-state index in [1.807, 2.05) is 0 Å². The van der Waals surface area contributed by atoms with Crippen molar-refractivity contribution < 1.29 is 4.74 Å². The molecule has 0 saturated carbocycles. The normalized spacial score (nSPS) is 20.9. The van der Waals surface area contributed by atoms with Crippen LogP contribution in [0.4, 0.5) is 0 Å². The number of hydrogen-bond acceptors (Lipinski definition) is 3. The molecule has 1 aromatic rings. The molecule has 1 atom stereocenters. The number of methoxy groups -OCH3 is 1. The van der Waals surface area contributed by atoms with Gasteiger partial charge in [0.2, 0.25) is 0 Å². The van der Waals surface area contributed by atoms with Crippen molar-refractivity contribution in [2.45, 2.75) is 38.8 Å². The first-order valence-corrected chi connectivity index (χ1v) is 6.82. The number of ether oxygens (including phenoxy) is 1. The summed E-state index contributed by atoms with van der Waals surface area (Å²) in [5.41, 5.74) is 8.43. The molecule has 1 aliphatic heterocycles. The lowest BCUT2D eigenvalue weighted by Crippen LogP contribution is -2.43. The predicted octanol–water partition coefficient (Wildman–Crippen LogP) is 2.32. The first kappa shape index (κ1) is 13.4. The van der Waals surface area contributed by atoms with Gasteiger partial charge in [0.05, 0.1) is 7.11 Å². The summed E-state index contributed by atoms with van der Waals surface area (Å²) >= 11 is 0. The quantitative estimate of drug-likeness (QED) is 0.888. The van der Waals surface area contributed by atoms with E-state index in [-0.39, 0.29) is 0 Å². The molecule has 0 aliphatic carbocycles. The van der Waals surface area contributed by atoms with Crippen molar-refractivity contribution in [1.82, 2.24) is 4.90 Å². The second-order valence-electron chi connectivity index (χ2n) is 5.17. The van der Waals surface area contributed by atoms with Gasteiger partial charge >= 0.3 is 0 Å². The van der Waals surface area contributed by atoms with E-state index in [9.17, 15) is 0 Å². The third-order valence-corrected chi connectivity index (χ3v) is 3.83. The molecule has 2 rings (SSSR count). The van der Waals surface area contributed by atoms with Gasteiger partial charge in [-0.05, 0) is 32.4 Å². The summed E-state index contributed by atoms with van der Waals surface area (Å²) in [7, 11) is 1.74. The van der Waals surface area contributed by atoms with Gasteiger partial charge in [-0.2, -0.15) is 0 Å². The van der Waals surface area contributed by atoms with Crippen molar-refractivity contribution in [3.8, 4) is 5.75 Å². The van der Waals surface area contributed by atoms with Crippen LogP contribution in [0.2, 0.25) is 0 Å². The largest absolute Gasteiger partial charge is 0.496 e. The monoisotopic (exact) mass is 248 g/mol. The number of aryl methyl sites for hydroxylation is 1. The van der Waals surface area contributed by atoms with Crippen molar-refractivity contribution >= 4 is 0 Å². The zero-order valence-corrected chi connectivity index (χ0v) is 11.5. The van der Waals surface area contributed by atoms with Gasteiger partial charge in [-0.15, -0.1) is 0 Å². The fraction of sp³-hybridized carbons (Fsp3) is 0.600. The first-order chi connectivity index (χ1) is 8.74. The Bertz CT molecular complexity index is 392. The van der Waals surface area contributed by atoms with Crippen molar-refractivity contribution in [3.63, 3.8) is 0 Å². The third-order valence-electron chi connectivity index (χ3n) is 3.83. The van der Waals surface area contributed by atoms with Crippen LogP contribution in [-0.4, -0.2) is 31.1 Å². The van der Waals surface area contributed by atoms with E-state index in [4.69, 9.17) is 10.5 Å². The van der Waals surface area contributed by atoms with Gasteiger partial charge in [0, 0.05) is 24.7 Å². The van der Waals surface area contributed by atoms with Crippen LogP contribution in [0.25, 0.3) is 0 Å². The zero-order chi connectivity index (χ0) is 13.0. The van der Waals surface area contributed by atoms with E-state index in [1.54, 1.807) is 7.11 Å². The topological polar surface area (TPSA) is 38.5 Å². The SMILES string of the molecule is COc1ccc(C)cc1CN1CCCCC1CN. The molecule has 0 bridgehead atoms. The molecule has 0 radical (unpaired) electrons. The molecule has 1 saturated heterocycles. The number of benzene rings is 1. The van der Waals surface area contributed by atoms with Crippen LogP contribution in [0.1, 0.15) is 30.4 Å². The maximum atomic E-state index is 5.87. The first-order valence-electron chi connectivity index (χ1n) is 6.82. The summed E-state index contributed by atoms with van der Waals surface area (Å²) in [6.07, 6.45) is 3.82. The van der Waals surface area contributed by atoms with Crippen molar-refractivity contribution in [3.05, 3.63) is 29.3 Å². The summed E-state index contributed by atoms with van der Waals surface area (Å²) < 4.78 is 5.45. The lowest BCUT2D eigenvalue weighted by molar-refractivity contribution is 0.143. The lowest BCUT2D eigenvalue weighted by Gasteiger charge is -2.35. The minimum absolute atomic E-state index is 0.531. The molecule has 3 heteroatoms. The summed E-state index contributed by atoms with van der Waals surface area (Å²) in [6.45, 7) is 4.99. The van der Waals surface area contributed by atoms with Gasteiger partial charge in [0.25, 0.3) is 0 Å². The van der Waals surface area contributed by atoms with Crippen molar-refractivity contribution in [2.24, 2.45) is 5.73 Å². The van der Waals surface area contributed by atoms with Crippen LogP contribution in [0.15, 0.2) is 18.2 Å². The average molecular weight is 248 g/mol. The van der Waals surface area contributed by atoms with E-state index >= 15 is 0 Å². The Morgan fingerprint density at radius 3 is 2.94 bits per heavy atom. The van der Waals surface area contributed by atoms with E-state index in [0.29, 0.717) is 6.04 Å². The molecule has 2 N–H and O–H groups in total. The number of nitrogens with zero attached hydrogens (tertiary/aromatic N) is 1. The smallest absolute Gasteiger partial charge is 0.123 e. The minimum Gasteiger partial charge on any atom is -0.496 e. The van der Waals surface area contributed by atoms with Gasteiger partial charge in [-0.3, -0.25) is 4.90 Å². The van der Waals surface area contributed by atoms with E-state index in [0.717, 1.165) is 25.4 Å². The van der Waals surface area contributed by atoms with Crippen LogP contribution in [0, 0.1) is 6.92 Å². The van der Waals surface area contributed by atoms with Gasteiger partial charge in [-0.25, -0.2) is 0 Å². The van der Waals surface area contributed by atoms with E-state index in [1.165, 1.54) is 30.4 Å². The number of hydrogen-bond donors (Lipinski definition) is 1. The zero-order valence-electron chi connectivity index (χ0n) is 11.5. The van der Waals surface area contributed by atoms with Crippen LogP contribution >= 0.6 is 0 Å². The van der Waals surface area contributed by atoms with Gasteiger partial charge in [0.1, 0.15) is 5.75 Å². The molecule has 18 heavy (non-hydrogen) atoms.